The zero-order valence-electron chi connectivity index (χ0n) is 14.6. The van der Waals surface area contributed by atoms with Gasteiger partial charge in [0.25, 0.3) is 0 Å². The molecule has 3 aromatic rings. The van der Waals surface area contributed by atoms with E-state index in [4.69, 9.17) is 4.74 Å². The van der Waals surface area contributed by atoms with Gasteiger partial charge in [-0.15, -0.1) is 0 Å². The van der Waals surface area contributed by atoms with E-state index in [9.17, 15) is 9.18 Å². The minimum atomic E-state index is -0.444. The van der Waals surface area contributed by atoms with Crippen molar-refractivity contribution in [2.75, 3.05) is 7.11 Å². The normalized spacial score (nSPS) is 11.8. The molecule has 0 spiro atoms. The molecule has 6 heteroatoms. The van der Waals surface area contributed by atoms with E-state index in [1.54, 1.807) is 31.5 Å². The maximum absolute atomic E-state index is 13.8. The molecule has 0 aliphatic heterocycles. The van der Waals surface area contributed by atoms with Crippen LogP contribution in [0, 0.1) is 5.82 Å². The van der Waals surface area contributed by atoms with Gasteiger partial charge in [0.05, 0.1) is 13.5 Å². The van der Waals surface area contributed by atoms with Crippen LogP contribution in [0.15, 0.2) is 60.9 Å². The first-order valence-corrected chi connectivity index (χ1v) is 8.22. The van der Waals surface area contributed by atoms with E-state index in [1.165, 1.54) is 6.07 Å². The summed E-state index contributed by atoms with van der Waals surface area (Å²) in [5, 5.41) is 2.96. The molecule has 3 rings (SSSR count). The van der Waals surface area contributed by atoms with E-state index >= 15 is 0 Å². The number of methoxy groups -OCH3 is 1. The molecule has 0 bridgehead atoms. The average Bonchev–Trinajstić information content (AvgIpc) is 3.07. The second-order valence-corrected chi connectivity index (χ2v) is 5.94. The lowest BCUT2D eigenvalue weighted by molar-refractivity contribution is -0.121. The van der Waals surface area contributed by atoms with Gasteiger partial charge in [-0.2, -0.15) is 0 Å². The van der Waals surface area contributed by atoms with Crippen LogP contribution >= 0.6 is 0 Å². The number of imidazole rings is 1. The Morgan fingerprint density at radius 3 is 2.58 bits per heavy atom. The fourth-order valence-corrected chi connectivity index (χ4v) is 2.78. The first kappa shape index (κ1) is 17.7. The largest absolute Gasteiger partial charge is 0.497 e. The Labute approximate surface area is 151 Å². The average molecular weight is 353 g/mol. The predicted octanol–water partition coefficient (Wildman–Crippen LogP) is 3.02. The van der Waals surface area contributed by atoms with Crippen molar-refractivity contribution >= 4 is 5.91 Å². The molecule has 0 saturated heterocycles. The Morgan fingerprint density at radius 2 is 1.96 bits per heavy atom. The minimum absolute atomic E-state index is 0.0379. The van der Waals surface area contributed by atoms with Gasteiger partial charge in [0.15, 0.2) is 0 Å². The van der Waals surface area contributed by atoms with Crippen molar-refractivity contribution in [2.45, 2.75) is 12.5 Å². The Hall–Kier alpha value is -3.15. The maximum atomic E-state index is 13.8. The standard InChI is InChI=1S/C20H20FN3O2/c1-24-12-11-22-20(24)19(14-7-9-16(26-2)10-8-14)23-18(25)13-15-5-3-4-6-17(15)21/h3-12,19H,13H2,1-2H3,(H,23,25). The number of hydrogen-bond donors (Lipinski definition) is 1. The summed E-state index contributed by atoms with van der Waals surface area (Å²) in [6.07, 6.45) is 3.45. The summed E-state index contributed by atoms with van der Waals surface area (Å²) in [5.74, 6) is 0.752. The third-order valence-corrected chi connectivity index (χ3v) is 4.18. The van der Waals surface area contributed by atoms with Gasteiger partial charge in [-0.1, -0.05) is 30.3 Å². The van der Waals surface area contributed by atoms with Crippen LogP contribution in [0.4, 0.5) is 4.39 Å². The molecule has 1 N–H and O–H groups in total. The topological polar surface area (TPSA) is 56.1 Å². The fraction of sp³-hybridized carbons (Fsp3) is 0.200. The number of carbonyl (C=O) groups excluding carboxylic acids is 1. The van der Waals surface area contributed by atoms with Gasteiger partial charge in [0.1, 0.15) is 23.4 Å². The summed E-state index contributed by atoms with van der Waals surface area (Å²) in [7, 11) is 3.46. The van der Waals surface area contributed by atoms with Crippen LogP contribution in [-0.4, -0.2) is 22.6 Å². The molecule has 0 aliphatic carbocycles. The van der Waals surface area contributed by atoms with Crippen LogP contribution in [-0.2, 0) is 18.3 Å². The molecule has 26 heavy (non-hydrogen) atoms. The van der Waals surface area contributed by atoms with Crippen molar-refractivity contribution in [2.24, 2.45) is 7.05 Å². The molecule has 1 aromatic heterocycles. The van der Waals surface area contributed by atoms with Crippen LogP contribution in [0.2, 0.25) is 0 Å². The summed E-state index contributed by atoms with van der Waals surface area (Å²) in [4.78, 5) is 16.9. The highest BCUT2D eigenvalue weighted by Gasteiger charge is 2.21. The lowest BCUT2D eigenvalue weighted by Gasteiger charge is -2.19. The summed E-state index contributed by atoms with van der Waals surface area (Å²) in [6.45, 7) is 0. The second-order valence-electron chi connectivity index (χ2n) is 5.94. The highest BCUT2D eigenvalue weighted by molar-refractivity contribution is 5.79. The van der Waals surface area contributed by atoms with Crippen molar-refractivity contribution in [3.63, 3.8) is 0 Å². The van der Waals surface area contributed by atoms with E-state index in [0.717, 1.165) is 11.3 Å². The van der Waals surface area contributed by atoms with Gasteiger partial charge >= 0.3 is 0 Å². The SMILES string of the molecule is COc1ccc(C(NC(=O)Cc2ccccc2F)c2nccn2C)cc1. The van der Waals surface area contributed by atoms with Gasteiger partial charge in [-0.05, 0) is 29.3 Å². The molecule has 0 radical (unpaired) electrons. The highest BCUT2D eigenvalue weighted by atomic mass is 19.1. The molecule has 1 heterocycles. The first-order chi connectivity index (χ1) is 12.6. The van der Waals surface area contributed by atoms with Gasteiger partial charge in [-0.25, -0.2) is 9.37 Å². The molecule has 0 fully saturated rings. The Bertz CT molecular complexity index is 890. The molecule has 1 unspecified atom stereocenters. The number of aromatic nitrogens is 2. The van der Waals surface area contributed by atoms with Gasteiger partial charge in [-0.3, -0.25) is 4.79 Å². The fourth-order valence-electron chi connectivity index (χ4n) is 2.78. The van der Waals surface area contributed by atoms with Crippen molar-refractivity contribution in [1.29, 1.82) is 0 Å². The summed E-state index contributed by atoms with van der Waals surface area (Å²) < 4.78 is 20.9. The number of nitrogens with zero attached hydrogens (tertiary/aromatic N) is 2. The van der Waals surface area contributed by atoms with E-state index in [2.05, 4.69) is 10.3 Å². The number of aryl methyl sites for hydroxylation is 1. The number of carbonyl (C=O) groups is 1. The first-order valence-electron chi connectivity index (χ1n) is 8.22. The molecule has 0 saturated carbocycles. The zero-order chi connectivity index (χ0) is 18.5. The number of nitrogens with one attached hydrogen (secondary N) is 1. The lowest BCUT2D eigenvalue weighted by atomic mass is 10.0. The molecule has 1 amide bonds. The minimum Gasteiger partial charge on any atom is -0.497 e. The lowest BCUT2D eigenvalue weighted by Crippen LogP contribution is -2.32. The van der Waals surface area contributed by atoms with Crippen molar-refractivity contribution in [1.82, 2.24) is 14.9 Å². The number of halogens is 1. The van der Waals surface area contributed by atoms with Gasteiger partial charge in [0.2, 0.25) is 5.91 Å². The molecule has 0 aliphatic rings. The summed E-state index contributed by atoms with van der Waals surface area (Å²) >= 11 is 0. The second kappa shape index (κ2) is 7.82. The van der Waals surface area contributed by atoms with Gasteiger partial charge in [0, 0.05) is 19.4 Å². The number of hydrogen-bond acceptors (Lipinski definition) is 3. The van der Waals surface area contributed by atoms with Gasteiger partial charge < -0.3 is 14.6 Å². The van der Waals surface area contributed by atoms with E-state index in [0.29, 0.717) is 11.4 Å². The molecular weight excluding hydrogens is 333 g/mol. The van der Waals surface area contributed by atoms with Crippen LogP contribution in [0.3, 0.4) is 0 Å². The van der Waals surface area contributed by atoms with Crippen molar-refractivity contribution < 1.29 is 13.9 Å². The zero-order valence-corrected chi connectivity index (χ0v) is 14.6. The van der Waals surface area contributed by atoms with Crippen LogP contribution in [0.5, 0.6) is 5.75 Å². The van der Waals surface area contributed by atoms with E-state index < -0.39 is 6.04 Å². The van der Waals surface area contributed by atoms with Crippen LogP contribution < -0.4 is 10.1 Å². The molecule has 134 valence electrons. The van der Waals surface area contributed by atoms with Crippen molar-refractivity contribution in [3.8, 4) is 5.75 Å². The van der Waals surface area contributed by atoms with E-state index in [1.807, 2.05) is 42.1 Å². The quantitative estimate of drug-likeness (QED) is 0.741. The monoisotopic (exact) mass is 353 g/mol. The Balaban J connectivity index is 1.85. The molecule has 5 nitrogen and oxygen atoms in total. The van der Waals surface area contributed by atoms with Crippen LogP contribution in [0.25, 0.3) is 0 Å². The molecular formula is C20H20FN3O2. The number of amides is 1. The molecule has 2 aromatic carbocycles. The third kappa shape index (κ3) is 3.91. The number of rotatable bonds is 6. The maximum Gasteiger partial charge on any atom is 0.225 e. The summed E-state index contributed by atoms with van der Waals surface area (Å²) in [5.41, 5.74) is 1.22. The smallest absolute Gasteiger partial charge is 0.225 e. The van der Waals surface area contributed by atoms with Crippen LogP contribution in [0.1, 0.15) is 23.0 Å². The molecule has 1 atom stereocenters. The third-order valence-electron chi connectivity index (χ3n) is 4.18. The van der Waals surface area contributed by atoms with E-state index in [-0.39, 0.29) is 18.1 Å². The van der Waals surface area contributed by atoms with Crippen molar-refractivity contribution in [3.05, 3.63) is 83.7 Å². The number of benzene rings is 2. The summed E-state index contributed by atoms with van der Waals surface area (Å²) in [6, 6.07) is 13.2. The number of ether oxygens (including phenoxy) is 1. The Kier molecular flexibility index (Phi) is 5.31. The Morgan fingerprint density at radius 1 is 1.23 bits per heavy atom. The highest BCUT2D eigenvalue weighted by Crippen LogP contribution is 2.23. The predicted molar refractivity (Wildman–Crippen MR) is 96.3 cm³/mol.